The van der Waals surface area contributed by atoms with Crippen LogP contribution in [0.3, 0.4) is 0 Å². The van der Waals surface area contributed by atoms with Crippen molar-refractivity contribution in [1.29, 1.82) is 0 Å². The molecule has 0 spiro atoms. The first-order chi connectivity index (χ1) is 9.75. The molecule has 2 heterocycles. The highest BCUT2D eigenvalue weighted by Gasteiger charge is 2.26. The molecule has 0 radical (unpaired) electrons. The largest absolute Gasteiger partial charge is 0.314 e. The van der Waals surface area contributed by atoms with E-state index < -0.39 is 0 Å². The van der Waals surface area contributed by atoms with Gasteiger partial charge in [0, 0.05) is 35.5 Å². The zero-order valence-electron chi connectivity index (χ0n) is 11.4. The number of halogens is 3. The van der Waals surface area contributed by atoms with Gasteiger partial charge in [-0.05, 0) is 29.1 Å². The van der Waals surface area contributed by atoms with Gasteiger partial charge < -0.3 is 5.32 Å². The Morgan fingerprint density at radius 2 is 2.00 bits per heavy atom. The van der Waals surface area contributed by atoms with Crippen molar-refractivity contribution in [2.75, 3.05) is 26.2 Å². The van der Waals surface area contributed by atoms with Crippen molar-refractivity contribution >= 4 is 39.7 Å². The number of thiophene rings is 1. The molecule has 0 bridgehead atoms. The first-order valence-electron chi connectivity index (χ1n) is 6.69. The molecule has 2 aromatic rings. The third-order valence-corrected chi connectivity index (χ3v) is 5.20. The Kier molecular flexibility index (Phi) is 6.20. The van der Waals surface area contributed by atoms with Crippen molar-refractivity contribution in [3.8, 4) is 0 Å². The molecule has 0 saturated carbocycles. The predicted molar refractivity (Wildman–Crippen MR) is 92.0 cm³/mol. The first-order valence-corrected chi connectivity index (χ1v) is 8.36. The summed E-state index contributed by atoms with van der Waals surface area (Å²) >= 11 is 5.28. The molecular weight excluding hydrogens is 375 g/mol. The van der Waals surface area contributed by atoms with E-state index in [9.17, 15) is 4.39 Å². The summed E-state index contributed by atoms with van der Waals surface area (Å²) in [6, 6.07) is 9.43. The molecule has 1 N–H and O–H groups in total. The minimum Gasteiger partial charge on any atom is -0.314 e. The zero-order valence-corrected chi connectivity index (χ0v) is 14.6. The molecule has 1 aliphatic heterocycles. The lowest BCUT2D eigenvalue weighted by atomic mass is 10.0. The van der Waals surface area contributed by atoms with Gasteiger partial charge in [0.1, 0.15) is 5.82 Å². The van der Waals surface area contributed by atoms with Crippen LogP contribution in [-0.2, 0) is 0 Å². The Bertz CT molecular complexity index is 573. The molecule has 3 rings (SSSR count). The quantitative estimate of drug-likeness (QED) is 0.848. The third kappa shape index (κ3) is 3.85. The molecule has 1 aromatic carbocycles. The first kappa shape index (κ1) is 16.9. The zero-order chi connectivity index (χ0) is 13.9. The molecule has 1 aliphatic rings. The monoisotopic (exact) mass is 390 g/mol. The molecule has 21 heavy (non-hydrogen) atoms. The summed E-state index contributed by atoms with van der Waals surface area (Å²) in [5.41, 5.74) is 1.13. The minimum atomic E-state index is -0.203. The molecule has 0 amide bonds. The summed E-state index contributed by atoms with van der Waals surface area (Å²) in [6.45, 7) is 4.01. The molecule has 1 fully saturated rings. The smallest absolute Gasteiger partial charge is 0.124 e. The number of hydrogen-bond donors (Lipinski definition) is 1. The van der Waals surface area contributed by atoms with E-state index in [1.807, 2.05) is 6.07 Å². The molecule has 114 valence electrons. The summed E-state index contributed by atoms with van der Waals surface area (Å²) in [4.78, 5) is 3.76. The lowest BCUT2D eigenvalue weighted by Crippen LogP contribution is -2.45. The van der Waals surface area contributed by atoms with E-state index in [2.05, 4.69) is 43.7 Å². The number of benzene rings is 1. The lowest BCUT2D eigenvalue weighted by molar-refractivity contribution is 0.200. The van der Waals surface area contributed by atoms with Crippen LogP contribution < -0.4 is 5.32 Å². The van der Waals surface area contributed by atoms with Gasteiger partial charge in [0.05, 0.1) is 6.04 Å². The van der Waals surface area contributed by atoms with Crippen LogP contribution in [0.15, 0.2) is 40.2 Å². The SMILES string of the molecule is Cl.Fc1ccc([C@H](c2cccs2)N2CCNCC2)c(Br)c1. The number of rotatable bonds is 3. The van der Waals surface area contributed by atoms with Crippen molar-refractivity contribution < 1.29 is 4.39 Å². The Morgan fingerprint density at radius 3 is 2.62 bits per heavy atom. The number of nitrogens with zero attached hydrogens (tertiary/aromatic N) is 1. The molecule has 1 atom stereocenters. The summed E-state index contributed by atoms with van der Waals surface area (Å²) in [7, 11) is 0. The highest BCUT2D eigenvalue weighted by Crippen LogP contribution is 2.36. The average molecular weight is 392 g/mol. The average Bonchev–Trinajstić information content (AvgIpc) is 2.97. The summed E-state index contributed by atoms with van der Waals surface area (Å²) in [6.07, 6.45) is 0. The fourth-order valence-electron chi connectivity index (χ4n) is 2.64. The Balaban J connectivity index is 0.00000161. The maximum atomic E-state index is 13.3. The van der Waals surface area contributed by atoms with Crippen molar-refractivity contribution in [3.05, 3.63) is 56.4 Å². The molecule has 0 aliphatic carbocycles. The second kappa shape index (κ2) is 7.70. The van der Waals surface area contributed by atoms with Crippen LogP contribution in [0.4, 0.5) is 4.39 Å². The summed E-state index contributed by atoms with van der Waals surface area (Å²) < 4.78 is 14.2. The Hall–Kier alpha value is -0.460. The van der Waals surface area contributed by atoms with Gasteiger partial charge in [-0.1, -0.05) is 28.1 Å². The van der Waals surface area contributed by atoms with Gasteiger partial charge in [0.25, 0.3) is 0 Å². The second-order valence-electron chi connectivity index (χ2n) is 4.87. The lowest BCUT2D eigenvalue weighted by Gasteiger charge is -2.35. The van der Waals surface area contributed by atoms with E-state index in [1.165, 1.54) is 4.88 Å². The van der Waals surface area contributed by atoms with Crippen LogP contribution in [0.25, 0.3) is 0 Å². The Morgan fingerprint density at radius 1 is 1.24 bits per heavy atom. The number of hydrogen-bond acceptors (Lipinski definition) is 3. The van der Waals surface area contributed by atoms with Crippen LogP contribution in [0.5, 0.6) is 0 Å². The molecule has 6 heteroatoms. The van der Waals surface area contributed by atoms with Gasteiger partial charge in [-0.25, -0.2) is 4.39 Å². The number of piperazine rings is 1. The van der Waals surface area contributed by atoms with E-state index in [-0.39, 0.29) is 24.3 Å². The summed E-state index contributed by atoms with van der Waals surface area (Å²) in [5.74, 6) is -0.203. The second-order valence-corrected chi connectivity index (χ2v) is 6.70. The van der Waals surface area contributed by atoms with Crippen LogP contribution in [0, 0.1) is 5.82 Å². The van der Waals surface area contributed by atoms with E-state index in [4.69, 9.17) is 0 Å². The van der Waals surface area contributed by atoms with Gasteiger partial charge >= 0.3 is 0 Å². The van der Waals surface area contributed by atoms with Crippen molar-refractivity contribution in [1.82, 2.24) is 10.2 Å². The third-order valence-electron chi connectivity index (χ3n) is 3.59. The topological polar surface area (TPSA) is 15.3 Å². The van der Waals surface area contributed by atoms with Gasteiger partial charge in [0.15, 0.2) is 0 Å². The standard InChI is InChI=1S/C15H16BrFN2S.ClH/c16-13-10-11(17)3-4-12(13)15(14-2-1-9-20-14)19-7-5-18-6-8-19;/h1-4,9-10,15,18H,5-8H2;1H/t15-;/m1./s1. The van der Waals surface area contributed by atoms with Gasteiger partial charge in [-0.15, -0.1) is 23.7 Å². The van der Waals surface area contributed by atoms with Crippen LogP contribution >= 0.6 is 39.7 Å². The maximum Gasteiger partial charge on any atom is 0.124 e. The Labute approximate surface area is 142 Å². The molecule has 2 nitrogen and oxygen atoms in total. The van der Waals surface area contributed by atoms with Crippen molar-refractivity contribution in [3.63, 3.8) is 0 Å². The van der Waals surface area contributed by atoms with E-state index in [1.54, 1.807) is 23.5 Å². The predicted octanol–water partition coefficient (Wildman–Crippen LogP) is 4.07. The van der Waals surface area contributed by atoms with E-state index in [0.29, 0.717) is 0 Å². The van der Waals surface area contributed by atoms with Crippen molar-refractivity contribution in [2.24, 2.45) is 0 Å². The molecule has 0 unspecified atom stereocenters. The highest BCUT2D eigenvalue weighted by molar-refractivity contribution is 9.10. The van der Waals surface area contributed by atoms with Crippen LogP contribution in [0.1, 0.15) is 16.5 Å². The fourth-order valence-corrected chi connectivity index (χ4v) is 4.08. The van der Waals surface area contributed by atoms with Crippen LogP contribution in [-0.4, -0.2) is 31.1 Å². The number of nitrogens with one attached hydrogen (secondary N) is 1. The van der Waals surface area contributed by atoms with Crippen LogP contribution in [0.2, 0.25) is 0 Å². The van der Waals surface area contributed by atoms with E-state index in [0.717, 1.165) is 36.2 Å². The van der Waals surface area contributed by atoms with Gasteiger partial charge in [-0.2, -0.15) is 0 Å². The molecule has 1 aromatic heterocycles. The van der Waals surface area contributed by atoms with Gasteiger partial charge in [0.2, 0.25) is 0 Å². The van der Waals surface area contributed by atoms with Gasteiger partial charge in [-0.3, -0.25) is 4.90 Å². The summed E-state index contributed by atoms with van der Waals surface area (Å²) in [5, 5.41) is 5.48. The fraction of sp³-hybridized carbons (Fsp3) is 0.333. The van der Waals surface area contributed by atoms with E-state index >= 15 is 0 Å². The van der Waals surface area contributed by atoms with Crippen molar-refractivity contribution in [2.45, 2.75) is 6.04 Å². The highest BCUT2D eigenvalue weighted by atomic mass is 79.9. The minimum absolute atomic E-state index is 0. The normalized spacial score (nSPS) is 17.2. The maximum absolute atomic E-state index is 13.3. The molecule has 1 saturated heterocycles. The molecular formula is C15H17BrClFN2S.